The number of anilines is 2. The van der Waals surface area contributed by atoms with Gasteiger partial charge in [0.15, 0.2) is 11.5 Å². The smallest absolute Gasteiger partial charge is 0.246 e. The van der Waals surface area contributed by atoms with E-state index < -0.39 is 6.04 Å². The van der Waals surface area contributed by atoms with Gasteiger partial charge in [0, 0.05) is 11.8 Å². The lowest BCUT2D eigenvalue weighted by atomic mass is 10.2. The molecule has 0 aliphatic heterocycles. The highest BCUT2D eigenvalue weighted by Crippen LogP contribution is 2.30. The minimum absolute atomic E-state index is 0.172. The molecule has 1 atom stereocenters. The summed E-state index contributed by atoms with van der Waals surface area (Å²) in [6.45, 7) is 1.78. The molecule has 0 saturated heterocycles. The molecule has 0 aliphatic rings. The first kappa shape index (κ1) is 17.5. The van der Waals surface area contributed by atoms with E-state index in [0.717, 1.165) is 5.69 Å². The predicted octanol–water partition coefficient (Wildman–Crippen LogP) is 3.15. The van der Waals surface area contributed by atoms with E-state index >= 15 is 0 Å². The van der Waals surface area contributed by atoms with E-state index in [0.29, 0.717) is 22.9 Å². The molecule has 6 nitrogen and oxygen atoms in total. The molecule has 0 fully saturated rings. The lowest BCUT2D eigenvalue weighted by molar-refractivity contribution is -0.116. The standard InChI is InChI=1S/C18H22N2O4/c1-12(18(21)20-14-7-5-6-8-15(14)22-2)19-13-9-10-16(23-3)17(11-13)24-4/h5-12,19H,1-4H3,(H,20,21). The number of hydrogen-bond donors (Lipinski definition) is 2. The number of para-hydroxylation sites is 2. The van der Waals surface area contributed by atoms with Gasteiger partial charge in [-0.2, -0.15) is 0 Å². The number of carbonyl (C=O) groups excluding carboxylic acids is 1. The van der Waals surface area contributed by atoms with Crippen LogP contribution in [0.25, 0.3) is 0 Å². The molecule has 2 aromatic rings. The van der Waals surface area contributed by atoms with Crippen LogP contribution < -0.4 is 24.8 Å². The van der Waals surface area contributed by atoms with Gasteiger partial charge in [0.25, 0.3) is 0 Å². The van der Waals surface area contributed by atoms with Gasteiger partial charge in [0.2, 0.25) is 5.91 Å². The zero-order valence-corrected chi connectivity index (χ0v) is 14.3. The van der Waals surface area contributed by atoms with Gasteiger partial charge >= 0.3 is 0 Å². The van der Waals surface area contributed by atoms with Crippen molar-refractivity contribution >= 4 is 17.3 Å². The molecule has 24 heavy (non-hydrogen) atoms. The first-order valence-corrected chi connectivity index (χ1v) is 7.51. The second-order valence-electron chi connectivity index (χ2n) is 5.13. The Morgan fingerprint density at radius 2 is 1.58 bits per heavy atom. The molecule has 128 valence electrons. The van der Waals surface area contributed by atoms with E-state index in [2.05, 4.69) is 10.6 Å². The Bertz CT molecular complexity index is 703. The van der Waals surface area contributed by atoms with Gasteiger partial charge in [-0.05, 0) is 31.2 Å². The monoisotopic (exact) mass is 330 g/mol. The Morgan fingerprint density at radius 3 is 2.25 bits per heavy atom. The summed E-state index contributed by atoms with van der Waals surface area (Å²) >= 11 is 0. The van der Waals surface area contributed by atoms with Crippen LogP contribution in [0.15, 0.2) is 42.5 Å². The van der Waals surface area contributed by atoms with E-state index in [9.17, 15) is 4.79 Å². The van der Waals surface area contributed by atoms with Crippen LogP contribution in [0.1, 0.15) is 6.92 Å². The Balaban J connectivity index is 2.06. The fourth-order valence-electron chi connectivity index (χ4n) is 2.23. The maximum atomic E-state index is 12.4. The average Bonchev–Trinajstić information content (AvgIpc) is 2.61. The summed E-state index contributed by atoms with van der Waals surface area (Å²) < 4.78 is 15.7. The van der Waals surface area contributed by atoms with Crippen LogP contribution in [0, 0.1) is 0 Å². The first-order chi connectivity index (χ1) is 11.6. The van der Waals surface area contributed by atoms with Gasteiger partial charge in [-0.1, -0.05) is 12.1 Å². The average molecular weight is 330 g/mol. The normalized spacial score (nSPS) is 11.3. The lowest BCUT2D eigenvalue weighted by Gasteiger charge is -2.17. The number of carbonyl (C=O) groups is 1. The topological polar surface area (TPSA) is 68.8 Å². The van der Waals surface area contributed by atoms with Crippen LogP contribution in [0.2, 0.25) is 0 Å². The second-order valence-corrected chi connectivity index (χ2v) is 5.13. The molecule has 1 amide bonds. The number of hydrogen-bond acceptors (Lipinski definition) is 5. The number of rotatable bonds is 7. The number of ether oxygens (including phenoxy) is 3. The maximum Gasteiger partial charge on any atom is 0.246 e. The highest BCUT2D eigenvalue weighted by Gasteiger charge is 2.15. The van der Waals surface area contributed by atoms with Gasteiger partial charge in [-0.25, -0.2) is 0 Å². The summed E-state index contributed by atoms with van der Waals surface area (Å²) in [5, 5.41) is 5.99. The number of nitrogens with one attached hydrogen (secondary N) is 2. The minimum atomic E-state index is -0.451. The molecule has 2 N–H and O–H groups in total. The van der Waals surface area contributed by atoms with E-state index in [1.54, 1.807) is 52.5 Å². The maximum absolute atomic E-state index is 12.4. The third-order valence-corrected chi connectivity index (χ3v) is 3.52. The van der Waals surface area contributed by atoms with Crippen LogP contribution in [-0.2, 0) is 4.79 Å². The van der Waals surface area contributed by atoms with Crippen molar-refractivity contribution in [1.29, 1.82) is 0 Å². The van der Waals surface area contributed by atoms with Gasteiger partial charge in [0.05, 0.1) is 27.0 Å². The number of amides is 1. The third-order valence-electron chi connectivity index (χ3n) is 3.52. The van der Waals surface area contributed by atoms with Crippen molar-refractivity contribution in [3.05, 3.63) is 42.5 Å². The quantitative estimate of drug-likeness (QED) is 0.816. The molecule has 0 bridgehead atoms. The van der Waals surface area contributed by atoms with Crippen molar-refractivity contribution in [3.8, 4) is 17.2 Å². The zero-order chi connectivity index (χ0) is 17.5. The number of benzene rings is 2. The largest absolute Gasteiger partial charge is 0.495 e. The van der Waals surface area contributed by atoms with E-state index in [1.807, 2.05) is 18.2 Å². The molecule has 1 unspecified atom stereocenters. The van der Waals surface area contributed by atoms with E-state index in [4.69, 9.17) is 14.2 Å². The van der Waals surface area contributed by atoms with Crippen LogP contribution >= 0.6 is 0 Å². The molecule has 0 saturated carbocycles. The summed E-state index contributed by atoms with van der Waals surface area (Å²) in [7, 11) is 4.71. The van der Waals surface area contributed by atoms with Crippen molar-refractivity contribution in [1.82, 2.24) is 0 Å². The summed E-state index contributed by atoms with van der Waals surface area (Å²) in [4.78, 5) is 12.4. The molecule has 0 aliphatic carbocycles. The molecule has 0 spiro atoms. The van der Waals surface area contributed by atoms with Crippen molar-refractivity contribution in [2.24, 2.45) is 0 Å². The van der Waals surface area contributed by atoms with Crippen molar-refractivity contribution in [2.75, 3.05) is 32.0 Å². The van der Waals surface area contributed by atoms with Crippen LogP contribution in [0.3, 0.4) is 0 Å². The first-order valence-electron chi connectivity index (χ1n) is 7.51. The Labute approximate surface area is 141 Å². The van der Waals surface area contributed by atoms with Gasteiger partial charge in [-0.15, -0.1) is 0 Å². The predicted molar refractivity (Wildman–Crippen MR) is 94.3 cm³/mol. The highest BCUT2D eigenvalue weighted by molar-refractivity contribution is 5.97. The van der Waals surface area contributed by atoms with Gasteiger partial charge < -0.3 is 24.8 Å². The fraction of sp³-hybridized carbons (Fsp3) is 0.278. The van der Waals surface area contributed by atoms with Gasteiger partial charge in [0.1, 0.15) is 11.8 Å². The number of methoxy groups -OCH3 is 3. The molecule has 0 aromatic heterocycles. The van der Waals surface area contributed by atoms with Crippen LogP contribution in [0.5, 0.6) is 17.2 Å². The zero-order valence-electron chi connectivity index (χ0n) is 14.3. The Kier molecular flexibility index (Phi) is 5.89. The summed E-state index contributed by atoms with van der Waals surface area (Å²) in [5.74, 6) is 1.67. The molecule has 0 radical (unpaired) electrons. The summed E-state index contributed by atoms with van der Waals surface area (Å²) in [5.41, 5.74) is 1.39. The van der Waals surface area contributed by atoms with Crippen molar-refractivity contribution < 1.29 is 19.0 Å². The Morgan fingerprint density at radius 1 is 0.917 bits per heavy atom. The molecular weight excluding hydrogens is 308 g/mol. The lowest BCUT2D eigenvalue weighted by Crippen LogP contribution is -2.32. The molecule has 2 rings (SSSR count). The van der Waals surface area contributed by atoms with Crippen molar-refractivity contribution in [2.45, 2.75) is 13.0 Å². The van der Waals surface area contributed by atoms with Crippen molar-refractivity contribution in [3.63, 3.8) is 0 Å². The Hall–Kier alpha value is -2.89. The fourth-order valence-corrected chi connectivity index (χ4v) is 2.23. The minimum Gasteiger partial charge on any atom is -0.495 e. The SMILES string of the molecule is COc1ccccc1NC(=O)C(C)Nc1ccc(OC)c(OC)c1. The van der Waals surface area contributed by atoms with Gasteiger partial charge in [-0.3, -0.25) is 4.79 Å². The molecular formula is C18H22N2O4. The van der Waals surface area contributed by atoms with Crippen LogP contribution in [-0.4, -0.2) is 33.3 Å². The van der Waals surface area contributed by atoms with E-state index in [-0.39, 0.29) is 5.91 Å². The third kappa shape index (κ3) is 4.10. The summed E-state index contributed by atoms with van der Waals surface area (Å²) in [6.07, 6.45) is 0. The summed E-state index contributed by atoms with van der Waals surface area (Å²) in [6, 6.07) is 12.2. The highest BCUT2D eigenvalue weighted by atomic mass is 16.5. The molecule has 0 heterocycles. The molecule has 6 heteroatoms. The molecule has 2 aromatic carbocycles. The second kappa shape index (κ2) is 8.10. The van der Waals surface area contributed by atoms with Crippen LogP contribution in [0.4, 0.5) is 11.4 Å². The van der Waals surface area contributed by atoms with E-state index in [1.165, 1.54) is 0 Å².